The number of hydrogen-bond acceptors (Lipinski definition) is 5. The second-order valence-electron chi connectivity index (χ2n) is 5.00. The molecule has 0 aliphatic carbocycles. The van der Waals surface area contributed by atoms with Gasteiger partial charge in [-0.25, -0.2) is 4.68 Å². The number of nitrogens with zero attached hydrogens (tertiary/aromatic N) is 4. The van der Waals surface area contributed by atoms with Crippen LogP contribution in [0.3, 0.4) is 0 Å². The smallest absolute Gasteiger partial charge is 0.258 e. The van der Waals surface area contributed by atoms with Crippen LogP contribution in [0.1, 0.15) is 5.69 Å². The molecule has 0 saturated carbocycles. The second kappa shape index (κ2) is 7.96. The van der Waals surface area contributed by atoms with Crippen molar-refractivity contribution in [3.05, 3.63) is 64.7 Å². The number of halogens is 2. The van der Waals surface area contributed by atoms with Gasteiger partial charge in [0.05, 0.1) is 23.5 Å². The fourth-order valence-corrected chi connectivity index (χ4v) is 2.44. The molecule has 1 N–H and O–H groups in total. The summed E-state index contributed by atoms with van der Waals surface area (Å²) in [7, 11) is 0. The summed E-state index contributed by atoms with van der Waals surface area (Å²) in [6.07, 6.45) is 5.06. The van der Waals surface area contributed by atoms with Crippen molar-refractivity contribution in [2.45, 2.75) is 6.54 Å². The normalized spacial score (nSPS) is 10.5. The van der Waals surface area contributed by atoms with E-state index in [0.717, 1.165) is 5.69 Å². The highest BCUT2D eigenvalue weighted by Gasteiger charge is 2.08. The minimum Gasteiger partial charge on any atom is -0.482 e. The number of amides is 1. The molecule has 128 valence electrons. The molecule has 0 aliphatic heterocycles. The van der Waals surface area contributed by atoms with E-state index in [2.05, 4.69) is 20.6 Å². The van der Waals surface area contributed by atoms with E-state index in [1.807, 2.05) is 0 Å². The van der Waals surface area contributed by atoms with Gasteiger partial charge in [0, 0.05) is 17.4 Å². The van der Waals surface area contributed by atoms with Crippen molar-refractivity contribution in [2.75, 3.05) is 6.61 Å². The van der Waals surface area contributed by atoms with Crippen molar-refractivity contribution in [3.63, 3.8) is 0 Å². The van der Waals surface area contributed by atoms with Crippen LogP contribution in [-0.4, -0.2) is 32.5 Å². The third kappa shape index (κ3) is 4.68. The third-order valence-electron chi connectivity index (χ3n) is 3.19. The Morgan fingerprint density at radius 2 is 2.00 bits per heavy atom. The number of pyridine rings is 1. The van der Waals surface area contributed by atoms with E-state index in [1.165, 1.54) is 0 Å². The van der Waals surface area contributed by atoms with Crippen molar-refractivity contribution in [3.8, 4) is 11.4 Å². The average Bonchev–Trinajstić information content (AvgIpc) is 3.09. The zero-order chi connectivity index (χ0) is 17.6. The van der Waals surface area contributed by atoms with Gasteiger partial charge in [0.25, 0.3) is 5.91 Å². The van der Waals surface area contributed by atoms with Gasteiger partial charge in [0.1, 0.15) is 11.4 Å². The Morgan fingerprint density at radius 1 is 1.20 bits per heavy atom. The minimum absolute atomic E-state index is 0.167. The van der Waals surface area contributed by atoms with E-state index in [1.54, 1.807) is 53.6 Å². The molecule has 2 aromatic heterocycles. The van der Waals surface area contributed by atoms with Gasteiger partial charge in [0.2, 0.25) is 0 Å². The Hall–Kier alpha value is -2.64. The number of hydrogen-bond donors (Lipinski definition) is 1. The van der Waals surface area contributed by atoms with Gasteiger partial charge in [-0.15, -0.1) is 5.10 Å². The molecule has 9 heteroatoms. The fraction of sp³-hybridized carbons (Fsp3) is 0.125. The third-order valence-corrected chi connectivity index (χ3v) is 3.72. The number of carbonyl (C=O) groups is 1. The zero-order valence-electron chi connectivity index (χ0n) is 12.9. The first-order chi connectivity index (χ1) is 12.1. The van der Waals surface area contributed by atoms with Crippen LogP contribution in [0.15, 0.2) is 48.9 Å². The van der Waals surface area contributed by atoms with Gasteiger partial charge < -0.3 is 10.1 Å². The molecule has 0 bridgehead atoms. The van der Waals surface area contributed by atoms with Crippen LogP contribution in [0.5, 0.6) is 5.75 Å². The summed E-state index contributed by atoms with van der Waals surface area (Å²) in [5, 5.41) is 11.6. The van der Waals surface area contributed by atoms with Gasteiger partial charge in [-0.2, -0.15) is 0 Å². The van der Waals surface area contributed by atoms with Crippen LogP contribution < -0.4 is 10.1 Å². The van der Waals surface area contributed by atoms with Gasteiger partial charge in [0.15, 0.2) is 6.61 Å². The predicted molar refractivity (Wildman–Crippen MR) is 93.0 cm³/mol. The molecule has 3 aromatic rings. The molecule has 1 aromatic carbocycles. The lowest BCUT2D eigenvalue weighted by Gasteiger charge is -2.08. The van der Waals surface area contributed by atoms with E-state index in [-0.39, 0.29) is 19.1 Å². The van der Waals surface area contributed by atoms with Crippen LogP contribution in [-0.2, 0) is 11.3 Å². The van der Waals surface area contributed by atoms with Crippen molar-refractivity contribution in [1.29, 1.82) is 0 Å². The highest BCUT2D eigenvalue weighted by atomic mass is 35.5. The quantitative estimate of drug-likeness (QED) is 0.713. The number of aromatic nitrogens is 4. The fourth-order valence-electron chi connectivity index (χ4n) is 1.98. The SMILES string of the molecule is O=C(COc1ccc(Cl)cc1Cl)NCc1cn(-c2ccncc2)nn1. The van der Waals surface area contributed by atoms with Crippen molar-refractivity contribution >= 4 is 29.1 Å². The second-order valence-corrected chi connectivity index (χ2v) is 5.84. The number of carbonyl (C=O) groups excluding carboxylic acids is 1. The van der Waals surface area contributed by atoms with Gasteiger partial charge in [-0.3, -0.25) is 9.78 Å². The molecule has 0 radical (unpaired) electrons. The zero-order valence-corrected chi connectivity index (χ0v) is 14.4. The van der Waals surface area contributed by atoms with Crippen molar-refractivity contribution in [2.24, 2.45) is 0 Å². The molecule has 7 nitrogen and oxygen atoms in total. The van der Waals surface area contributed by atoms with E-state index < -0.39 is 0 Å². The lowest BCUT2D eigenvalue weighted by molar-refractivity contribution is -0.123. The summed E-state index contributed by atoms with van der Waals surface area (Å²) in [6.45, 7) is 0.0709. The van der Waals surface area contributed by atoms with Gasteiger partial charge in [-0.1, -0.05) is 28.4 Å². The largest absolute Gasteiger partial charge is 0.482 e. The molecule has 25 heavy (non-hydrogen) atoms. The van der Waals surface area contributed by atoms with E-state index in [4.69, 9.17) is 27.9 Å². The van der Waals surface area contributed by atoms with E-state index in [0.29, 0.717) is 21.5 Å². The monoisotopic (exact) mass is 377 g/mol. The molecule has 1 amide bonds. The molecular weight excluding hydrogens is 365 g/mol. The summed E-state index contributed by atoms with van der Waals surface area (Å²) in [4.78, 5) is 15.8. The van der Waals surface area contributed by atoms with Crippen LogP contribution in [0.2, 0.25) is 10.0 Å². The first kappa shape index (κ1) is 17.2. The van der Waals surface area contributed by atoms with E-state index >= 15 is 0 Å². The Morgan fingerprint density at radius 3 is 2.76 bits per heavy atom. The van der Waals surface area contributed by atoms with Crippen LogP contribution in [0.4, 0.5) is 0 Å². The van der Waals surface area contributed by atoms with Crippen LogP contribution in [0.25, 0.3) is 5.69 Å². The number of rotatable bonds is 6. The molecule has 0 aliphatic rings. The topological polar surface area (TPSA) is 81.9 Å². The standard InChI is InChI=1S/C16H13Cl2N5O2/c17-11-1-2-15(14(18)7-11)25-10-16(24)20-8-12-9-23(22-21-12)13-3-5-19-6-4-13/h1-7,9H,8,10H2,(H,20,24). The summed E-state index contributed by atoms with van der Waals surface area (Å²) >= 11 is 11.8. The van der Waals surface area contributed by atoms with Crippen LogP contribution in [0, 0.1) is 0 Å². The maximum Gasteiger partial charge on any atom is 0.258 e. The summed E-state index contributed by atoms with van der Waals surface area (Å²) in [6, 6.07) is 8.41. The molecule has 0 fully saturated rings. The van der Waals surface area contributed by atoms with Crippen molar-refractivity contribution in [1.82, 2.24) is 25.3 Å². The molecule has 0 saturated heterocycles. The predicted octanol–water partition coefficient (Wildman–Crippen LogP) is 2.66. The Balaban J connectivity index is 1.50. The van der Waals surface area contributed by atoms with Gasteiger partial charge >= 0.3 is 0 Å². The number of nitrogens with one attached hydrogen (secondary N) is 1. The summed E-state index contributed by atoms with van der Waals surface area (Å²) < 4.78 is 6.97. The maximum absolute atomic E-state index is 11.9. The first-order valence-electron chi connectivity index (χ1n) is 7.28. The Bertz CT molecular complexity index is 870. The highest BCUT2D eigenvalue weighted by Crippen LogP contribution is 2.27. The molecule has 0 spiro atoms. The molecule has 3 rings (SSSR count). The number of benzene rings is 1. The maximum atomic E-state index is 11.9. The highest BCUT2D eigenvalue weighted by molar-refractivity contribution is 6.35. The first-order valence-corrected chi connectivity index (χ1v) is 8.03. The average molecular weight is 378 g/mol. The Labute approximate surface area is 153 Å². The summed E-state index contributed by atoms with van der Waals surface area (Å²) in [5.74, 6) is 0.0920. The molecule has 0 atom stereocenters. The molecule has 0 unspecified atom stereocenters. The Kier molecular flexibility index (Phi) is 5.47. The lowest BCUT2D eigenvalue weighted by atomic mass is 10.3. The van der Waals surface area contributed by atoms with Gasteiger partial charge in [-0.05, 0) is 30.3 Å². The van der Waals surface area contributed by atoms with Crippen LogP contribution >= 0.6 is 23.2 Å². The molecular formula is C16H13Cl2N5O2. The van der Waals surface area contributed by atoms with Crippen molar-refractivity contribution < 1.29 is 9.53 Å². The van der Waals surface area contributed by atoms with E-state index in [9.17, 15) is 4.79 Å². The lowest BCUT2D eigenvalue weighted by Crippen LogP contribution is -2.28. The minimum atomic E-state index is -0.301. The summed E-state index contributed by atoms with van der Waals surface area (Å²) in [5.41, 5.74) is 1.45. The molecule has 2 heterocycles. The number of ether oxygens (including phenoxy) is 1.